The number of amides is 1. The number of hydrogen-bond donors (Lipinski definition) is 1. The van der Waals surface area contributed by atoms with Crippen LogP contribution in [0.5, 0.6) is 0 Å². The lowest BCUT2D eigenvalue weighted by Gasteiger charge is -2.09. The molecule has 1 amide bonds. The average molecular weight is 474 g/mol. The summed E-state index contributed by atoms with van der Waals surface area (Å²) >= 11 is 1.38. The molecule has 5 aromatic rings. The fraction of sp³-hybridized carbons (Fsp3) is 0.0667. The molecule has 35 heavy (non-hydrogen) atoms. The van der Waals surface area contributed by atoms with Gasteiger partial charge in [-0.05, 0) is 59.3 Å². The minimum atomic E-state index is -0.119. The minimum absolute atomic E-state index is 0.119. The molecule has 170 valence electrons. The van der Waals surface area contributed by atoms with E-state index in [2.05, 4.69) is 81.7 Å². The molecule has 2 heterocycles. The minimum Gasteiger partial charge on any atom is -0.342 e. The molecule has 0 spiro atoms. The van der Waals surface area contributed by atoms with E-state index in [1.807, 2.05) is 43.3 Å². The van der Waals surface area contributed by atoms with Gasteiger partial charge < -0.3 is 9.88 Å². The lowest BCUT2D eigenvalue weighted by Crippen LogP contribution is -2.19. The third kappa shape index (κ3) is 4.27. The van der Waals surface area contributed by atoms with Crippen LogP contribution in [0.3, 0.4) is 0 Å². The summed E-state index contributed by atoms with van der Waals surface area (Å²) in [5.74, 6) is -0.119. The molecule has 0 aliphatic carbocycles. The molecule has 0 saturated carbocycles. The van der Waals surface area contributed by atoms with Gasteiger partial charge in [-0.1, -0.05) is 78.4 Å². The van der Waals surface area contributed by atoms with Crippen LogP contribution in [0.25, 0.3) is 27.8 Å². The summed E-state index contributed by atoms with van der Waals surface area (Å²) in [4.78, 5) is 18.0. The van der Waals surface area contributed by atoms with Gasteiger partial charge >= 0.3 is 0 Å². The van der Waals surface area contributed by atoms with E-state index in [0.717, 1.165) is 28.7 Å². The van der Waals surface area contributed by atoms with Gasteiger partial charge in [0.15, 0.2) is 5.17 Å². The standard InChI is InChI=1S/C30H23N3OS/c1-20-13-15-24(16-14-20)31-30-32-29(34)28(35-30)17-23-19-33(27-12-5-4-11-26(23)27)18-22-9-6-8-21-7-2-3-10-25(21)22/h2-17,19H,18H2,1H3,(H,31,32,34)/b28-17+. The molecule has 0 atom stereocenters. The van der Waals surface area contributed by atoms with Crippen molar-refractivity contribution in [3.63, 3.8) is 0 Å². The van der Waals surface area contributed by atoms with Gasteiger partial charge in [-0.15, -0.1) is 0 Å². The Kier molecular flexibility index (Phi) is 5.47. The topological polar surface area (TPSA) is 46.4 Å². The smallest absolute Gasteiger partial charge is 0.264 e. The molecule has 6 rings (SSSR count). The zero-order valence-corrected chi connectivity index (χ0v) is 20.0. The number of aromatic nitrogens is 1. The van der Waals surface area contributed by atoms with Crippen molar-refractivity contribution in [1.82, 2.24) is 9.88 Å². The molecule has 4 aromatic carbocycles. The fourth-order valence-electron chi connectivity index (χ4n) is 4.49. The summed E-state index contributed by atoms with van der Waals surface area (Å²) in [6.45, 7) is 2.80. The lowest BCUT2D eigenvalue weighted by molar-refractivity contribution is -0.115. The monoisotopic (exact) mass is 473 g/mol. The van der Waals surface area contributed by atoms with E-state index < -0.39 is 0 Å². The molecule has 1 aliphatic rings. The van der Waals surface area contributed by atoms with Gasteiger partial charge in [0.2, 0.25) is 0 Å². The summed E-state index contributed by atoms with van der Waals surface area (Å²) in [6.07, 6.45) is 4.11. The van der Waals surface area contributed by atoms with Crippen LogP contribution in [-0.2, 0) is 11.3 Å². The number of para-hydroxylation sites is 1. The molecule has 1 N–H and O–H groups in total. The van der Waals surface area contributed by atoms with Gasteiger partial charge in [0.25, 0.3) is 5.91 Å². The van der Waals surface area contributed by atoms with Crippen LogP contribution in [0.2, 0.25) is 0 Å². The summed E-state index contributed by atoms with van der Waals surface area (Å²) in [5.41, 5.74) is 5.44. The maximum absolute atomic E-state index is 12.7. The van der Waals surface area contributed by atoms with Crippen molar-refractivity contribution < 1.29 is 4.79 Å². The first-order valence-electron chi connectivity index (χ1n) is 11.5. The van der Waals surface area contributed by atoms with E-state index in [4.69, 9.17) is 0 Å². The highest BCUT2D eigenvalue weighted by molar-refractivity contribution is 8.18. The Bertz CT molecular complexity index is 1640. The molecule has 1 aromatic heterocycles. The Hall–Kier alpha value is -4.09. The number of nitrogens with zero attached hydrogens (tertiary/aromatic N) is 2. The molecule has 1 fully saturated rings. The summed E-state index contributed by atoms with van der Waals surface area (Å²) in [7, 11) is 0. The van der Waals surface area contributed by atoms with Crippen LogP contribution in [0, 0.1) is 6.92 Å². The second kappa shape index (κ2) is 8.93. The third-order valence-electron chi connectivity index (χ3n) is 6.24. The van der Waals surface area contributed by atoms with Crippen LogP contribution < -0.4 is 5.32 Å². The van der Waals surface area contributed by atoms with Crippen molar-refractivity contribution in [3.05, 3.63) is 119 Å². The normalized spacial score (nSPS) is 16.0. The van der Waals surface area contributed by atoms with Crippen LogP contribution in [0.4, 0.5) is 5.69 Å². The Labute approximate surface area is 208 Å². The average Bonchev–Trinajstić information content (AvgIpc) is 3.40. The van der Waals surface area contributed by atoms with Crippen molar-refractivity contribution in [1.29, 1.82) is 0 Å². The fourth-order valence-corrected chi connectivity index (χ4v) is 5.33. The molecule has 1 aliphatic heterocycles. The number of carbonyl (C=O) groups is 1. The maximum Gasteiger partial charge on any atom is 0.264 e. The zero-order valence-electron chi connectivity index (χ0n) is 19.2. The number of benzene rings is 4. The van der Waals surface area contributed by atoms with Gasteiger partial charge in [0, 0.05) is 29.2 Å². The van der Waals surface area contributed by atoms with E-state index in [-0.39, 0.29) is 5.91 Å². The van der Waals surface area contributed by atoms with Gasteiger partial charge in [-0.2, -0.15) is 0 Å². The first-order chi connectivity index (χ1) is 17.1. The summed E-state index contributed by atoms with van der Waals surface area (Å²) in [6, 6.07) is 31.2. The SMILES string of the molecule is Cc1ccc(N=C2NC(=O)/C(=C\c3cn(Cc4cccc5ccccc45)c4ccccc34)S2)cc1. The van der Waals surface area contributed by atoms with E-state index >= 15 is 0 Å². The highest BCUT2D eigenvalue weighted by Crippen LogP contribution is 2.32. The number of fused-ring (bicyclic) bond motifs is 2. The molecule has 1 saturated heterocycles. The van der Waals surface area contributed by atoms with Crippen LogP contribution in [-0.4, -0.2) is 15.6 Å². The predicted octanol–water partition coefficient (Wildman–Crippen LogP) is 7.04. The third-order valence-corrected chi connectivity index (χ3v) is 7.15. The van der Waals surface area contributed by atoms with Crippen molar-refractivity contribution in [2.75, 3.05) is 0 Å². The second-order valence-corrected chi connectivity index (χ2v) is 9.72. The first-order valence-corrected chi connectivity index (χ1v) is 12.4. The molecule has 5 heteroatoms. The number of amidine groups is 1. The Morgan fingerprint density at radius 2 is 1.63 bits per heavy atom. The van der Waals surface area contributed by atoms with Crippen LogP contribution >= 0.6 is 11.8 Å². The lowest BCUT2D eigenvalue weighted by atomic mass is 10.0. The second-order valence-electron chi connectivity index (χ2n) is 8.69. The number of rotatable bonds is 4. The maximum atomic E-state index is 12.7. The number of thioether (sulfide) groups is 1. The highest BCUT2D eigenvalue weighted by Gasteiger charge is 2.24. The number of nitrogens with one attached hydrogen (secondary N) is 1. The van der Waals surface area contributed by atoms with Crippen LogP contribution in [0.15, 0.2) is 107 Å². The molecule has 0 unspecified atom stereocenters. The van der Waals surface area contributed by atoms with Gasteiger partial charge in [0.05, 0.1) is 10.6 Å². The Morgan fingerprint density at radius 3 is 2.49 bits per heavy atom. The summed E-state index contributed by atoms with van der Waals surface area (Å²) in [5, 5.41) is 7.12. The quantitative estimate of drug-likeness (QED) is 0.285. The molecule has 0 bridgehead atoms. The predicted molar refractivity (Wildman–Crippen MR) is 147 cm³/mol. The van der Waals surface area contributed by atoms with Crippen molar-refractivity contribution in [3.8, 4) is 0 Å². The molecular weight excluding hydrogens is 450 g/mol. The molecule has 4 nitrogen and oxygen atoms in total. The van der Waals surface area contributed by atoms with E-state index in [1.165, 1.54) is 33.7 Å². The Balaban J connectivity index is 1.35. The highest BCUT2D eigenvalue weighted by atomic mass is 32.2. The first kappa shape index (κ1) is 21.4. The van der Waals surface area contributed by atoms with Gasteiger partial charge in [-0.25, -0.2) is 4.99 Å². The number of aliphatic imine (C=N–C) groups is 1. The largest absolute Gasteiger partial charge is 0.342 e. The van der Waals surface area contributed by atoms with Crippen molar-refractivity contribution in [2.45, 2.75) is 13.5 Å². The molecular formula is C30H23N3OS. The zero-order chi connectivity index (χ0) is 23.8. The van der Waals surface area contributed by atoms with Crippen molar-refractivity contribution in [2.24, 2.45) is 4.99 Å². The summed E-state index contributed by atoms with van der Waals surface area (Å²) < 4.78 is 2.27. The number of aryl methyl sites for hydroxylation is 1. The van der Waals surface area contributed by atoms with Gasteiger partial charge in [-0.3, -0.25) is 4.79 Å². The van der Waals surface area contributed by atoms with E-state index in [1.54, 1.807) is 0 Å². The van der Waals surface area contributed by atoms with E-state index in [0.29, 0.717) is 10.1 Å². The van der Waals surface area contributed by atoms with Gasteiger partial charge in [0.1, 0.15) is 0 Å². The number of hydrogen-bond acceptors (Lipinski definition) is 3. The number of carbonyl (C=O) groups excluding carboxylic acids is 1. The Morgan fingerprint density at radius 1 is 0.886 bits per heavy atom. The van der Waals surface area contributed by atoms with Crippen LogP contribution in [0.1, 0.15) is 16.7 Å². The van der Waals surface area contributed by atoms with Crippen molar-refractivity contribution >= 4 is 56.3 Å². The molecule has 0 radical (unpaired) electrons. The van der Waals surface area contributed by atoms with E-state index in [9.17, 15) is 4.79 Å².